The highest BCUT2D eigenvalue weighted by molar-refractivity contribution is 7.99. The smallest absolute Gasteiger partial charge is 0.126 e. The summed E-state index contributed by atoms with van der Waals surface area (Å²) in [4.78, 5) is 4.66. The van der Waals surface area contributed by atoms with E-state index in [2.05, 4.69) is 47.2 Å². The molecule has 0 saturated heterocycles. The topological polar surface area (TPSA) is 24.9 Å². The van der Waals surface area contributed by atoms with E-state index in [1.807, 2.05) is 0 Å². The molecule has 1 N–H and O–H groups in total. The van der Waals surface area contributed by atoms with Gasteiger partial charge in [0.25, 0.3) is 0 Å². The van der Waals surface area contributed by atoms with Crippen LogP contribution >= 0.6 is 11.8 Å². The van der Waals surface area contributed by atoms with Gasteiger partial charge in [-0.05, 0) is 31.4 Å². The van der Waals surface area contributed by atoms with Gasteiger partial charge in [-0.25, -0.2) is 4.98 Å². The summed E-state index contributed by atoms with van der Waals surface area (Å²) in [5.74, 6) is 2.09. The SMILES string of the molecule is CCCNc1cccc(CSC2CCCCC2)n1. The van der Waals surface area contributed by atoms with E-state index in [9.17, 15) is 0 Å². The molecule has 1 aliphatic rings. The average molecular weight is 264 g/mol. The molecule has 0 spiro atoms. The van der Waals surface area contributed by atoms with Crippen molar-refractivity contribution in [3.63, 3.8) is 0 Å². The Kier molecular flexibility index (Phi) is 5.85. The second-order valence-corrected chi connectivity index (χ2v) is 6.30. The Bertz CT molecular complexity index is 348. The van der Waals surface area contributed by atoms with E-state index in [4.69, 9.17) is 0 Å². The second kappa shape index (κ2) is 7.67. The molecule has 1 aromatic heterocycles. The van der Waals surface area contributed by atoms with Gasteiger partial charge in [0.1, 0.15) is 5.82 Å². The van der Waals surface area contributed by atoms with Gasteiger partial charge in [-0.3, -0.25) is 0 Å². The van der Waals surface area contributed by atoms with Crippen LogP contribution in [-0.2, 0) is 5.75 Å². The van der Waals surface area contributed by atoms with E-state index in [1.165, 1.54) is 37.8 Å². The van der Waals surface area contributed by atoms with Gasteiger partial charge in [0.15, 0.2) is 0 Å². The first-order valence-electron chi connectivity index (χ1n) is 7.20. The van der Waals surface area contributed by atoms with Crippen LogP contribution in [0.3, 0.4) is 0 Å². The lowest BCUT2D eigenvalue weighted by molar-refractivity contribution is 0.516. The van der Waals surface area contributed by atoms with Crippen LogP contribution < -0.4 is 5.32 Å². The quantitative estimate of drug-likeness (QED) is 0.820. The highest BCUT2D eigenvalue weighted by Gasteiger charge is 2.13. The summed E-state index contributed by atoms with van der Waals surface area (Å²) >= 11 is 2.09. The van der Waals surface area contributed by atoms with Crippen molar-refractivity contribution in [1.82, 2.24) is 4.98 Å². The second-order valence-electron chi connectivity index (χ2n) is 5.01. The van der Waals surface area contributed by atoms with E-state index < -0.39 is 0 Å². The van der Waals surface area contributed by atoms with E-state index in [0.29, 0.717) is 0 Å². The fourth-order valence-electron chi connectivity index (χ4n) is 2.35. The monoisotopic (exact) mass is 264 g/mol. The fraction of sp³-hybridized carbons (Fsp3) is 0.667. The highest BCUT2D eigenvalue weighted by atomic mass is 32.2. The van der Waals surface area contributed by atoms with Crippen molar-refractivity contribution in [2.45, 2.75) is 56.5 Å². The molecule has 0 unspecified atom stereocenters. The zero-order valence-corrected chi connectivity index (χ0v) is 12.1. The third-order valence-electron chi connectivity index (χ3n) is 3.38. The number of anilines is 1. The lowest BCUT2D eigenvalue weighted by Gasteiger charge is -2.20. The Morgan fingerprint density at radius 2 is 2.11 bits per heavy atom. The molecule has 0 radical (unpaired) electrons. The van der Waals surface area contributed by atoms with Crippen molar-refractivity contribution in [3.8, 4) is 0 Å². The van der Waals surface area contributed by atoms with Crippen LogP contribution in [0.4, 0.5) is 5.82 Å². The first-order valence-corrected chi connectivity index (χ1v) is 8.25. The molecule has 0 bridgehead atoms. The first kappa shape index (κ1) is 13.7. The molecule has 1 aromatic rings. The Hall–Kier alpha value is -0.700. The molecule has 0 aromatic carbocycles. The molecule has 18 heavy (non-hydrogen) atoms. The predicted octanol–water partition coefficient (Wildman–Crippen LogP) is 4.47. The molecule has 0 atom stereocenters. The highest BCUT2D eigenvalue weighted by Crippen LogP contribution is 2.30. The molecular formula is C15H24N2S. The average Bonchev–Trinajstić information content (AvgIpc) is 2.44. The standard InChI is InChI=1S/C15H24N2S/c1-2-11-16-15-10-6-7-13(17-15)12-18-14-8-4-3-5-9-14/h6-7,10,14H,2-5,8-9,11-12H2,1H3,(H,16,17). The van der Waals surface area contributed by atoms with E-state index in [0.717, 1.165) is 29.8 Å². The van der Waals surface area contributed by atoms with Crippen molar-refractivity contribution in [2.75, 3.05) is 11.9 Å². The van der Waals surface area contributed by atoms with Crippen molar-refractivity contribution < 1.29 is 0 Å². The number of hydrogen-bond acceptors (Lipinski definition) is 3. The fourth-order valence-corrected chi connectivity index (χ4v) is 3.58. The van der Waals surface area contributed by atoms with Crippen LogP contribution in [0.25, 0.3) is 0 Å². The number of nitrogens with one attached hydrogen (secondary N) is 1. The number of hydrogen-bond donors (Lipinski definition) is 1. The Balaban J connectivity index is 1.80. The molecule has 3 heteroatoms. The first-order chi connectivity index (χ1) is 8.88. The molecule has 2 rings (SSSR count). The summed E-state index contributed by atoms with van der Waals surface area (Å²) in [5.41, 5.74) is 1.21. The zero-order chi connectivity index (χ0) is 12.6. The van der Waals surface area contributed by atoms with Crippen molar-refractivity contribution in [2.24, 2.45) is 0 Å². The van der Waals surface area contributed by atoms with E-state index >= 15 is 0 Å². The predicted molar refractivity (Wildman–Crippen MR) is 81.2 cm³/mol. The van der Waals surface area contributed by atoms with Gasteiger partial charge < -0.3 is 5.32 Å². The zero-order valence-electron chi connectivity index (χ0n) is 11.3. The number of aromatic nitrogens is 1. The molecular weight excluding hydrogens is 240 g/mol. The van der Waals surface area contributed by atoms with Crippen molar-refractivity contribution in [3.05, 3.63) is 23.9 Å². The summed E-state index contributed by atoms with van der Waals surface area (Å²) in [6.07, 6.45) is 8.22. The molecule has 1 heterocycles. The van der Waals surface area contributed by atoms with Gasteiger partial charge >= 0.3 is 0 Å². The summed E-state index contributed by atoms with van der Waals surface area (Å²) in [6.45, 7) is 3.18. The Morgan fingerprint density at radius 1 is 1.28 bits per heavy atom. The molecule has 100 valence electrons. The number of pyridine rings is 1. The molecule has 1 saturated carbocycles. The minimum absolute atomic E-state index is 0.868. The van der Waals surface area contributed by atoms with Crippen LogP contribution in [0, 0.1) is 0 Å². The van der Waals surface area contributed by atoms with Gasteiger partial charge in [-0.15, -0.1) is 0 Å². The minimum Gasteiger partial charge on any atom is -0.370 e. The largest absolute Gasteiger partial charge is 0.370 e. The Morgan fingerprint density at radius 3 is 2.89 bits per heavy atom. The maximum absolute atomic E-state index is 4.66. The minimum atomic E-state index is 0.868. The van der Waals surface area contributed by atoms with Gasteiger partial charge in [0.2, 0.25) is 0 Å². The lowest BCUT2D eigenvalue weighted by Crippen LogP contribution is -2.08. The van der Waals surface area contributed by atoms with Crippen molar-refractivity contribution >= 4 is 17.6 Å². The van der Waals surface area contributed by atoms with Crippen LogP contribution in [-0.4, -0.2) is 16.8 Å². The van der Waals surface area contributed by atoms with Crippen LogP contribution in [0.1, 0.15) is 51.1 Å². The summed E-state index contributed by atoms with van der Waals surface area (Å²) < 4.78 is 0. The van der Waals surface area contributed by atoms with Gasteiger partial charge in [-0.2, -0.15) is 11.8 Å². The van der Waals surface area contributed by atoms with Crippen LogP contribution in [0.5, 0.6) is 0 Å². The maximum atomic E-state index is 4.66. The molecule has 1 aliphatic carbocycles. The number of thioether (sulfide) groups is 1. The third kappa shape index (κ3) is 4.52. The van der Waals surface area contributed by atoms with Gasteiger partial charge in [0, 0.05) is 17.5 Å². The molecule has 0 aliphatic heterocycles. The van der Waals surface area contributed by atoms with Crippen LogP contribution in [0.2, 0.25) is 0 Å². The summed E-state index contributed by atoms with van der Waals surface area (Å²) in [6, 6.07) is 6.32. The van der Waals surface area contributed by atoms with Crippen molar-refractivity contribution in [1.29, 1.82) is 0 Å². The number of nitrogens with zero attached hydrogens (tertiary/aromatic N) is 1. The van der Waals surface area contributed by atoms with E-state index in [1.54, 1.807) is 0 Å². The number of rotatable bonds is 6. The maximum Gasteiger partial charge on any atom is 0.126 e. The Labute approximate surface area is 115 Å². The summed E-state index contributed by atoms with van der Waals surface area (Å²) in [5, 5.41) is 4.22. The lowest BCUT2D eigenvalue weighted by atomic mass is 10.0. The van der Waals surface area contributed by atoms with Gasteiger partial charge in [-0.1, -0.05) is 32.3 Å². The molecule has 0 amide bonds. The normalized spacial score (nSPS) is 16.7. The third-order valence-corrected chi connectivity index (χ3v) is 4.79. The van der Waals surface area contributed by atoms with Crippen LogP contribution in [0.15, 0.2) is 18.2 Å². The van der Waals surface area contributed by atoms with E-state index in [-0.39, 0.29) is 0 Å². The molecule has 2 nitrogen and oxygen atoms in total. The summed E-state index contributed by atoms with van der Waals surface area (Å²) in [7, 11) is 0. The van der Waals surface area contributed by atoms with Gasteiger partial charge in [0.05, 0.1) is 5.69 Å². The molecule has 1 fully saturated rings.